The lowest BCUT2D eigenvalue weighted by Crippen LogP contribution is -2.45. The zero-order valence-corrected chi connectivity index (χ0v) is 14.0. The van der Waals surface area contributed by atoms with Gasteiger partial charge in [-0.3, -0.25) is 29.4 Å². The first-order valence-electron chi connectivity index (χ1n) is 7.74. The highest BCUT2D eigenvalue weighted by Gasteiger charge is 2.45. The number of carbonyl (C=O) groups excluding carboxylic acids is 3. The van der Waals surface area contributed by atoms with E-state index in [-0.39, 0.29) is 5.56 Å². The monoisotopic (exact) mass is 393 g/mol. The van der Waals surface area contributed by atoms with E-state index in [4.69, 9.17) is 0 Å². The Morgan fingerprint density at radius 2 is 1.79 bits per heavy atom. The standard InChI is InChI=1S/C17H10F3N3O5/c1-7(15(24)21-10-6-5-9(18)13(19)14(10)20)22-16(25)8-3-2-4-11(23(27)28)12(8)17(22)26/h2-7H,1H3,(H,21,24). The number of nitrogens with one attached hydrogen (secondary N) is 1. The third-order valence-electron chi connectivity index (χ3n) is 4.18. The lowest BCUT2D eigenvalue weighted by molar-refractivity contribution is -0.385. The highest BCUT2D eigenvalue weighted by molar-refractivity contribution is 6.24. The first kappa shape index (κ1) is 19.0. The van der Waals surface area contributed by atoms with Crippen molar-refractivity contribution in [3.8, 4) is 0 Å². The second-order valence-corrected chi connectivity index (χ2v) is 5.83. The number of amides is 3. The maximum Gasteiger partial charge on any atom is 0.282 e. The van der Waals surface area contributed by atoms with Crippen molar-refractivity contribution in [1.82, 2.24) is 4.90 Å². The van der Waals surface area contributed by atoms with Crippen molar-refractivity contribution < 1.29 is 32.5 Å². The van der Waals surface area contributed by atoms with Crippen LogP contribution in [0.3, 0.4) is 0 Å². The molecule has 1 aliphatic rings. The number of hydrogen-bond donors (Lipinski definition) is 1. The van der Waals surface area contributed by atoms with Gasteiger partial charge in [0.1, 0.15) is 11.6 Å². The van der Waals surface area contributed by atoms with E-state index in [1.54, 1.807) is 0 Å². The van der Waals surface area contributed by atoms with Crippen LogP contribution in [0.2, 0.25) is 0 Å². The molecule has 1 heterocycles. The van der Waals surface area contributed by atoms with E-state index in [9.17, 15) is 37.7 Å². The number of imide groups is 1. The van der Waals surface area contributed by atoms with Gasteiger partial charge >= 0.3 is 0 Å². The van der Waals surface area contributed by atoms with E-state index >= 15 is 0 Å². The Kier molecular flexibility index (Phi) is 4.59. The molecule has 1 atom stereocenters. The summed E-state index contributed by atoms with van der Waals surface area (Å²) in [6.45, 7) is 1.13. The molecule has 28 heavy (non-hydrogen) atoms. The molecule has 3 rings (SSSR count). The minimum Gasteiger partial charge on any atom is -0.322 e. The molecule has 0 saturated carbocycles. The molecule has 0 fully saturated rings. The van der Waals surface area contributed by atoms with Crippen LogP contribution in [-0.2, 0) is 4.79 Å². The average molecular weight is 393 g/mol. The molecular weight excluding hydrogens is 383 g/mol. The number of rotatable bonds is 4. The molecule has 3 amide bonds. The molecule has 0 aromatic heterocycles. The van der Waals surface area contributed by atoms with Crippen molar-refractivity contribution in [2.75, 3.05) is 5.32 Å². The predicted molar refractivity (Wildman–Crippen MR) is 88.0 cm³/mol. The molecule has 1 aliphatic heterocycles. The fourth-order valence-electron chi connectivity index (χ4n) is 2.77. The van der Waals surface area contributed by atoms with Gasteiger partial charge in [-0.2, -0.15) is 0 Å². The third kappa shape index (κ3) is 2.86. The largest absolute Gasteiger partial charge is 0.322 e. The van der Waals surface area contributed by atoms with E-state index in [0.29, 0.717) is 11.0 Å². The quantitative estimate of drug-likeness (QED) is 0.372. The van der Waals surface area contributed by atoms with E-state index < -0.39 is 63.1 Å². The molecule has 8 nitrogen and oxygen atoms in total. The number of anilines is 1. The van der Waals surface area contributed by atoms with Crippen LogP contribution >= 0.6 is 0 Å². The van der Waals surface area contributed by atoms with Gasteiger partial charge in [0, 0.05) is 6.07 Å². The van der Waals surface area contributed by atoms with Crippen LogP contribution in [0, 0.1) is 27.6 Å². The van der Waals surface area contributed by atoms with Gasteiger partial charge in [0.15, 0.2) is 17.5 Å². The highest BCUT2D eigenvalue weighted by Crippen LogP contribution is 2.32. The average Bonchev–Trinajstić information content (AvgIpc) is 2.92. The van der Waals surface area contributed by atoms with Crippen molar-refractivity contribution in [2.45, 2.75) is 13.0 Å². The van der Waals surface area contributed by atoms with Gasteiger partial charge in [-0.25, -0.2) is 13.2 Å². The number of carbonyl (C=O) groups is 3. The van der Waals surface area contributed by atoms with Gasteiger partial charge in [0.05, 0.1) is 16.2 Å². The third-order valence-corrected chi connectivity index (χ3v) is 4.18. The van der Waals surface area contributed by atoms with Gasteiger partial charge in [0.2, 0.25) is 5.91 Å². The molecule has 1 unspecified atom stereocenters. The summed E-state index contributed by atoms with van der Waals surface area (Å²) in [6.07, 6.45) is 0. The van der Waals surface area contributed by atoms with E-state index in [0.717, 1.165) is 19.1 Å². The van der Waals surface area contributed by atoms with Crippen LogP contribution in [0.5, 0.6) is 0 Å². The van der Waals surface area contributed by atoms with Crippen molar-refractivity contribution in [1.29, 1.82) is 0 Å². The number of nitrogens with zero attached hydrogens (tertiary/aromatic N) is 2. The topological polar surface area (TPSA) is 110 Å². The molecular formula is C17H10F3N3O5. The first-order valence-corrected chi connectivity index (χ1v) is 7.74. The summed E-state index contributed by atoms with van der Waals surface area (Å²) in [6, 6.07) is 3.29. The second-order valence-electron chi connectivity index (χ2n) is 5.83. The number of halogens is 3. The number of hydrogen-bond acceptors (Lipinski definition) is 5. The van der Waals surface area contributed by atoms with Gasteiger partial charge in [-0.1, -0.05) is 6.07 Å². The minimum atomic E-state index is -1.80. The van der Waals surface area contributed by atoms with Gasteiger partial charge in [0.25, 0.3) is 17.5 Å². The molecule has 0 aliphatic carbocycles. The Balaban J connectivity index is 1.90. The van der Waals surface area contributed by atoms with E-state index in [1.807, 2.05) is 5.32 Å². The van der Waals surface area contributed by atoms with Gasteiger partial charge < -0.3 is 5.32 Å². The Labute approximate surface area is 154 Å². The Hall–Kier alpha value is -3.76. The van der Waals surface area contributed by atoms with Gasteiger partial charge in [-0.15, -0.1) is 0 Å². The zero-order chi connectivity index (χ0) is 20.7. The van der Waals surface area contributed by atoms with Crippen LogP contribution in [0.4, 0.5) is 24.5 Å². The molecule has 2 aromatic carbocycles. The number of nitro benzene ring substituents is 1. The normalized spacial score (nSPS) is 14.1. The fourth-order valence-corrected chi connectivity index (χ4v) is 2.77. The minimum absolute atomic E-state index is 0.252. The lowest BCUT2D eigenvalue weighted by Gasteiger charge is -2.21. The summed E-state index contributed by atoms with van der Waals surface area (Å²) in [4.78, 5) is 48.1. The van der Waals surface area contributed by atoms with Crippen molar-refractivity contribution >= 4 is 29.1 Å². The first-order chi connectivity index (χ1) is 13.1. The Morgan fingerprint density at radius 3 is 2.43 bits per heavy atom. The van der Waals surface area contributed by atoms with Crippen molar-refractivity contribution in [3.63, 3.8) is 0 Å². The fraction of sp³-hybridized carbons (Fsp3) is 0.118. The maximum atomic E-state index is 13.7. The van der Waals surface area contributed by atoms with E-state index in [1.165, 1.54) is 12.1 Å². The molecule has 11 heteroatoms. The summed E-state index contributed by atoms with van der Waals surface area (Å²) in [5.74, 6) is -8.02. The van der Waals surface area contributed by atoms with Crippen molar-refractivity contribution in [3.05, 3.63) is 69.0 Å². The predicted octanol–water partition coefficient (Wildman–Crippen LogP) is 2.64. The van der Waals surface area contributed by atoms with E-state index in [2.05, 4.69) is 0 Å². The smallest absolute Gasteiger partial charge is 0.282 e. The summed E-state index contributed by atoms with van der Waals surface area (Å²) < 4.78 is 40.0. The number of fused-ring (bicyclic) bond motifs is 1. The summed E-state index contributed by atoms with van der Waals surface area (Å²) in [5, 5.41) is 13.1. The second kappa shape index (κ2) is 6.76. The lowest BCUT2D eigenvalue weighted by atomic mass is 10.1. The molecule has 1 N–H and O–H groups in total. The maximum absolute atomic E-state index is 13.7. The summed E-state index contributed by atoms with van der Waals surface area (Å²) in [7, 11) is 0. The van der Waals surface area contributed by atoms with Crippen LogP contribution in [0.15, 0.2) is 30.3 Å². The molecule has 0 bridgehead atoms. The van der Waals surface area contributed by atoms with Crippen molar-refractivity contribution in [2.24, 2.45) is 0 Å². The van der Waals surface area contributed by atoms with Crippen LogP contribution < -0.4 is 5.32 Å². The Bertz CT molecular complexity index is 1060. The molecule has 0 radical (unpaired) electrons. The number of benzene rings is 2. The summed E-state index contributed by atoms with van der Waals surface area (Å²) >= 11 is 0. The zero-order valence-electron chi connectivity index (χ0n) is 14.0. The SMILES string of the molecule is CC(C(=O)Nc1ccc(F)c(F)c1F)N1C(=O)c2cccc([N+](=O)[O-])c2C1=O. The molecule has 0 spiro atoms. The van der Waals surface area contributed by atoms with Crippen LogP contribution in [0.25, 0.3) is 0 Å². The van der Waals surface area contributed by atoms with Crippen LogP contribution in [0.1, 0.15) is 27.6 Å². The highest BCUT2D eigenvalue weighted by atomic mass is 19.2. The molecule has 0 saturated heterocycles. The van der Waals surface area contributed by atoms with Crippen LogP contribution in [-0.4, -0.2) is 33.6 Å². The molecule has 144 valence electrons. The van der Waals surface area contributed by atoms with Gasteiger partial charge in [-0.05, 0) is 25.1 Å². The number of nitro groups is 1. The molecule has 2 aromatic rings. The Morgan fingerprint density at radius 1 is 1.11 bits per heavy atom. The summed E-state index contributed by atoms with van der Waals surface area (Å²) in [5.41, 5.74) is -2.01.